The van der Waals surface area contributed by atoms with E-state index in [1.54, 1.807) is 24.4 Å². The number of aromatic nitrogens is 2. The molecule has 1 amide bonds. The van der Waals surface area contributed by atoms with Gasteiger partial charge in [0, 0.05) is 43.4 Å². The Morgan fingerprint density at radius 3 is 2.53 bits per heavy atom. The van der Waals surface area contributed by atoms with Crippen LogP contribution in [0.4, 0.5) is 20.4 Å². The summed E-state index contributed by atoms with van der Waals surface area (Å²) in [5, 5.41) is 22.6. The van der Waals surface area contributed by atoms with Gasteiger partial charge in [0.1, 0.15) is 17.9 Å². The summed E-state index contributed by atoms with van der Waals surface area (Å²) in [7, 11) is 0. The largest absolute Gasteiger partial charge is 0.489 e. The van der Waals surface area contributed by atoms with Crippen LogP contribution in [-0.2, 0) is 9.53 Å². The molecule has 3 aliphatic rings. The molecule has 0 unspecified atom stereocenters. The number of nitrogens with zero attached hydrogens (tertiary/aromatic N) is 5. The summed E-state index contributed by atoms with van der Waals surface area (Å²) in [6, 6.07) is 18.2. The molecule has 3 fully saturated rings. The lowest BCUT2D eigenvalue weighted by Crippen LogP contribution is -2.51. The first-order valence-corrected chi connectivity index (χ1v) is 15.4. The Balaban J connectivity index is 1.07. The summed E-state index contributed by atoms with van der Waals surface area (Å²) in [5.74, 6) is 0.374. The molecular formula is C33H36F2N6O4. The Morgan fingerprint density at radius 1 is 1.07 bits per heavy atom. The van der Waals surface area contributed by atoms with E-state index >= 15 is 0 Å². The van der Waals surface area contributed by atoms with Crippen LogP contribution in [0.5, 0.6) is 5.75 Å². The van der Waals surface area contributed by atoms with E-state index in [1.165, 1.54) is 10.5 Å². The first kappa shape index (κ1) is 30.8. The first-order chi connectivity index (χ1) is 21.9. The van der Waals surface area contributed by atoms with Crippen LogP contribution in [0.2, 0.25) is 0 Å². The standard InChI is InChI=1S/C33H36F2N6O4/c34-31(35)30(42)32(43)41-14-9-27(10-15-41)45-29-5-4-23(16-24(29)18-36)28-6-11-37-33(39-28)38-25-3-1-2-22(17-25)21-7-12-40(13-8-21)26-19-44-20-26/h1-6,11,16-17,21,26-27,30-31,42H,7-10,12-15,19-20H2,(H,37,38,39)/t30-/m0/s1. The van der Waals surface area contributed by atoms with Gasteiger partial charge >= 0.3 is 0 Å². The Hall–Kier alpha value is -4.18. The molecule has 0 radical (unpaired) electrons. The van der Waals surface area contributed by atoms with Crippen LogP contribution in [0.1, 0.15) is 42.7 Å². The van der Waals surface area contributed by atoms with Crippen molar-refractivity contribution in [1.82, 2.24) is 19.8 Å². The number of nitriles is 1. The predicted molar refractivity (Wildman–Crippen MR) is 162 cm³/mol. The maximum Gasteiger partial charge on any atom is 0.273 e. The number of aliphatic hydroxyl groups is 1. The van der Waals surface area contributed by atoms with Crippen LogP contribution >= 0.6 is 0 Å². The van der Waals surface area contributed by atoms with Gasteiger partial charge in [-0.1, -0.05) is 12.1 Å². The maximum absolute atomic E-state index is 12.7. The second-order valence-electron chi connectivity index (χ2n) is 11.8. The normalized spacial score (nSPS) is 19.1. The second kappa shape index (κ2) is 13.9. The molecule has 1 aromatic heterocycles. The lowest BCUT2D eigenvalue weighted by atomic mass is 9.88. The molecule has 2 N–H and O–H groups in total. The molecule has 236 valence electrons. The van der Waals surface area contributed by atoms with Crippen LogP contribution in [0.25, 0.3) is 11.3 Å². The summed E-state index contributed by atoms with van der Waals surface area (Å²) in [6.07, 6.45) is -1.03. The minimum absolute atomic E-state index is 0.183. The zero-order chi connectivity index (χ0) is 31.3. The van der Waals surface area contributed by atoms with Gasteiger partial charge in [0.2, 0.25) is 5.95 Å². The van der Waals surface area contributed by atoms with Gasteiger partial charge in [0.15, 0.2) is 6.10 Å². The van der Waals surface area contributed by atoms with Gasteiger partial charge in [-0.25, -0.2) is 18.7 Å². The quantitative estimate of drug-likeness (QED) is 0.361. The van der Waals surface area contributed by atoms with Crippen molar-refractivity contribution >= 4 is 17.5 Å². The Bertz CT molecular complexity index is 1530. The number of amides is 1. The first-order valence-electron chi connectivity index (χ1n) is 15.4. The van der Waals surface area contributed by atoms with E-state index in [2.05, 4.69) is 39.5 Å². The average molecular weight is 619 g/mol. The van der Waals surface area contributed by atoms with Gasteiger partial charge in [-0.2, -0.15) is 5.26 Å². The van der Waals surface area contributed by atoms with Gasteiger partial charge in [0.05, 0.1) is 30.5 Å². The van der Waals surface area contributed by atoms with E-state index in [1.807, 2.05) is 12.1 Å². The van der Waals surface area contributed by atoms with Crippen molar-refractivity contribution in [3.63, 3.8) is 0 Å². The summed E-state index contributed by atoms with van der Waals surface area (Å²) < 4.78 is 36.8. The zero-order valence-corrected chi connectivity index (χ0v) is 24.8. The van der Waals surface area contributed by atoms with E-state index in [0.29, 0.717) is 47.8 Å². The summed E-state index contributed by atoms with van der Waals surface area (Å²) in [6.45, 7) is 4.25. The molecular weight excluding hydrogens is 582 g/mol. The molecule has 0 spiro atoms. The average Bonchev–Trinajstić information content (AvgIpc) is 3.04. The molecule has 4 heterocycles. The number of ether oxygens (including phenoxy) is 2. The van der Waals surface area contributed by atoms with Gasteiger partial charge in [-0.3, -0.25) is 9.69 Å². The lowest BCUT2D eigenvalue weighted by molar-refractivity contribution is -0.150. The van der Waals surface area contributed by atoms with Crippen LogP contribution in [0, 0.1) is 11.3 Å². The number of carbonyl (C=O) groups is 1. The third-order valence-electron chi connectivity index (χ3n) is 8.87. The Morgan fingerprint density at radius 2 is 1.84 bits per heavy atom. The molecule has 0 saturated carbocycles. The zero-order valence-electron chi connectivity index (χ0n) is 24.8. The number of aliphatic hydroxyl groups excluding tert-OH is 1. The number of halogens is 2. The van der Waals surface area contributed by atoms with Gasteiger partial charge in [-0.05, 0) is 73.8 Å². The van der Waals surface area contributed by atoms with Crippen LogP contribution in [0.15, 0.2) is 54.7 Å². The monoisotopic (exact) mass is 618 g/mol. The van der Waals surface area contributed by atoms with Gasteiger partial charge in [-0.15, -0.1) is 0 Å². The number of anilines is 2. The highest BCUT2D eigenvalue weighted by Gasteiger charge is 2.33. The molecule has 10 nitrogen and oxygen atoms in total. The van der Waals surface area contributed by atoms with E-state index in [9.17, 15) is 23.9 Å². The molecule has 45 heavy (non-hydrogen) atoms. The molecule has 3 aliphatic heterocycles. The summed E-state index contributed by atoms with van der Waals surface area (Å²) in [4.78, 5) is 24.9. The topological polar surface area (TPSA) is 124 Å². The Kier molecular flexibility index (Phi) is 9.49. The van der Waals surface area contributed by atoms with Crippen LogP contribution in [-0.4, -0.2) is 94.8 Å². The van der Waals surface area contributed by atoms with Crippen molar-refractivity contribution < 1.29 is 28.2 Å². The minimum atomic E-state index is -3.12. The molecule has 2 aromatic carbocycles. The summed E-state index contributed by atoms with van der Waals surface area (Å²) in [5.41, 5.74) is 3.91. The SMILES string of the molecule is N#Cc1cc(-c2ccnc(Nc3cccc(C4CCN(C5COC5)CC4)c3)n2)ccc1OC1CCN(C(=O)[C@@H](O)C(F)F)CC1. The fourth-order valence-electron chi connectivity index (χ4n) is 6.16. The second-order valence-corrected chi connectivity index (χ2v) is 11.8. The number of benzene rings is 2. The van der Waals surface area contributed by atoms with Crippen molar-refractivity contribution in [2.45, 2.75) is 56.3 Å². The van der Waals surface area contributed by atoms with Crippen molar-refractivity contribution in [3.05, 3.63) is 65.9 Å². The molecule has 12 heteroatoms. The van der Waals surface area contributed by atoms with Crippen LogP contribution < -0.4 is 10.1 Å². The van der Waals surface area contributed by atoms with Gasteiger partial charge in [0.25, 0.3) is 12.3 Å². The third kappa shape index (κ3) is 7.22. The van der Waals surface area contributed by atoms with Gasteiger partial charge < -0.3 is 24.8 Å². The maximum atomic E-state index is 12.7. The number of hydrogen-bond donors (Lipinski definition) is 2. The van der Waals surface area contributed by atoms with E-state index in [0.717, 1.165) is 50.4 Å². The number of hydrogen-bond acceptors (Lipinski definition) is 9. The highest BCUT2D eigenvalue weighted by atomic mass is 19.3. The lowest BCUT2D eigenvalue weighted by Gasteiger charge is -2.41. The van der Waals surface area contributed by atoms with E-state index in [4.69, 9.17) is 14.5 Å². The fraction of sp³-hybridized carbons (Fsp3) is 0.455. The smallest absolute Gasteiger partial charge is 0.273 e. The summed E-state index contributed by atoms with van der Waals surface area (Å²) >= 11 is 0. The highest BCUT2D eigenvalue weighted by molar-refractivity contribution is 5.81. The highest BCUT2D eigenvalue weighted by Crippen LogP contribution is 2.32. The molecule has 3 saturated heterocycles. The number of alkyl halides is 2. The van der Waals surface area contributed by atoms with Crippen molar-refractivity contribution in [3.8, 4) is 23.1 Å². The number of carbonyl (C=O) groups excluding carboxylic acids is 1. The molecule has 0 bridgehead atoms. The molecule has 3 aromatic rings. The molecule has 1 atom stereocenters. The van der Waals surface area contributed by atoms with Crippen molar-refractivity contribution in [2.24, 2.45) is 0 Å². The van der Waals surface area contributed by atoms with E-state index in [-0.39, 0.29) is 19.2 Å². The molecule has 6 rings (SSSR count). The molecule has 0 aliphatic carbocycles. The number of likely N-dealkylation sites (tertiary alicyclic amines) is 2. The van der Waals surface area contributed by atoms with Crippen molar-refractivity contribution in [1.29, 1.82) is 5.26 Å². The minimum Gasteiger partial charge on any atom is -0.489 e. The number of rotatable bonds is 9. The predicted octanol–water partition coefficient (Wildman–Crippen LogP) is 4.33. The van der Waals surface area contributed by atoms with Crippen molar-refractivity contribution in [2.75, 3.05) is 44.7 Å². The third-order valence-corrected chi connectivity index (χ3v) is 8.87. The van der Waals surface area contributed by atoms with E-state index < -0.39 is 18.4 Å². The van der Waals surface area contributed by atoms with Crippen LogP contribution in [0.3, 0.4) is 0 Å². The number of nitrogens with one attached hydrogen (secondary N) is 1. The fourth-order valence-corrected chi connectivity index (χ4v) is 6.16. The Labute approximate surface area is 260 Å². The number of piperidine rings is 2.